The molecular weight excluding hydrogens is 198 g/mol. The number of hydrogen-bond acceptors (Lipinski definition) is 3. The van der Waals surface area contributed by atoms with E-state index < -0.39 is 0 Å². The first-order valence-electron chi connectivity index (χ1n) is 6.91. The zero-order valence-corrected chi connectivity index (χ0v) is 10.5. The lowest BCUT2D eigenvalue weighted by Crippen LogP contribution is -2.60. The molecule has 1 spiro atoms. The lowest BCUT2D eigenvalue weighted by molar-refractivity contribution is -0.00316. The van der Waals surface area contributed by atoms with Crippen LogP contribution in [0.4, 0.5) is 0 Å². The first-order chi connectivity index (χ1) is 7.77. The minimum absolute atomic E-state index is 0.720. The predicted molar refractivity (Wildman–Crippen MR) is 66.6 cm³/mol. The summed E-state index contributed by atoms with van der Waals surface area (Å²) in [7, 11) is 2.23. The van der Waals surface area contributed by atoms with Gasteiger partial charge in [0.1, 0.15) is 0 Å². The van der Waals surface area contributed by atoms with Crippen LogP contribution < -0.4 is 5.32 Å². The SMILES string of the molecule is CN1CC(N2CCC3(CCNCC3)CC2)C1. The Labute approximate surface area is 99.2 Å². The summed E-state index contributed by atoms with van der Waals surface area (Å²) in [5, 5.41) is 3.50. The van der Waals surface area contributed by atoms with E-state index in [0.717, 1.165) is 11.5 Å². The highest BCUT2D eigenvalue weighted by Gasteiger charge is 2.39. The molecule has 3 fully saturated rings. The molecule has 0 aromatic carbocycles. The Balaban J connectivity index is 1.51. The summed E-state index contributed by atoms with van der Waals surface area (Å²) in [4.78, 5) is 5.17. The van der Waals surface area contributed by atoms with Gasteiger partial charge in [0, 0.05) is 19.1 Å². The van der Waals surface area contributed by atoms with Gasteiger partial charge < -0.3 is 10.2 Å². The van der Waals surface area contributed by atoms with Crippen molar-refractivity contribution in [1.29, 1.82) is 0 Å². The quantitative estimate of drug-likeness (QED) is 0.708. The zero-order valence-electron chi connectivity index (χ0n) is 10.5. The summed E-state index contributed by atoms with van der Waals surface area (Å²) in [6.45, 7) is 7.83. The second kappa shape index (κ2) is 4.28. The van der Waals surface area contributed by atoms with Crippen LogP contribution in [0.15, 0.2) is 0 Å². The van der Waals surface area contributed by atoms with Crippen LogP contribution >= 0.6 is 0 Å². The molecule has 92 valence electrons. The molecule has 3 heterocycles. The van der Waals surface area contributed by atoms with Crippen LogP contribution in [0, 0.1) is 5.41 Å². The molecule has 0 unspecified atom stereocenters. The topological polar surface area (TPSA) is 18.5 Å². The minimum Gasteiger partial charge on any atom is -0.317 e. The maximum Gasteiger partial charge on any atom is 0.0350 e. The van der Waals surface area contributed by atoms with Crippen LogP contribution in [0.25, 0.3) is 0 Å². The van der Waals surface area contributed by atoms with Gasteiger partial charge in [0.2, 0.25) is 0 Å². The van der Waals surface area contributed by atoms with Crippen molar-refractivity contribution >= 4 is 0 Å². The number of nitrogens with one attached hydrogen (secondary N) is 1. The summed E-state index contributed by atoms with van der Waals surface area (Å²) < 4.78 is 0. The van der Waals surface area contributed by atoms with Gasteiger partial charge in [-0.1, -0.05) is 0 Å². The van der Waals surface area contributed by atoms with Crippen molar-refractivity contribution in [2.24, 2.45) is 5.41 Å². The van der Waals surface area contributed by atoms with Crippen molar-refractivity contribution in [3.05, 3.63) is 0 Å². The Morgan fingerprint density at radius 2 is 1.62 bits per heavy atom. The molecule has 0 aromatic heterocycles. The number of likely N-dealkylation sites (tertiary alicyclic amines) is 2. The standard InChI is InChI=1S/C13H25N3/c1-15-10-12(11-15)16-8-4-13(5-9-16)2-6-14-7-3-13/h12,14H,2-11H2,1H3. The number of hydrogen-bond donors (Lipinski definition) is 1. The van der Waals surface area contributed by atoms with Crippen LogP contribution in [-0.4, -0.2) is 62.2 Å². The monoisotopic (exact) mass is 223 g/mol. The maximum atomic E-state index is 3.50. The third kappa shape index (κ3) is 2.01. The van der Waals surface area contributed by atoms with Gasteiger partial charge in [-0.15, -0.1) is 0 Å². The Bertz CT molecular complexity index is 232. The smallest absolute Gasteiger partial charge is 0.0350 e. The average Bonchev–Trinajstić information content (AvgIpc) is 2.28. The van der Waals surface area contributed by atoms with Crippen LogP contribution in [0.1, 0.15) is 25.7 Å². The molecule has 3 nitrogen and oxygen atoms in total. The molecular formula is C13H25N3. The second-order valence-corrected chi connectivity index (χ2v) is 6.16. The lowest BCUT2D eigenvalue weighted by Gasteiger charge is -2.50. The Hall–Kier alpha value is -0.120. The molecule has 3 saturated heterocycles. The number of likely N-dealkylation sites (N-methyl/N-ethyl adjacent to an activating group) is 1. The van der Waals surface area contributed by atoms with E-state index in [1.54, 1.807) is 0 Å². The van der Waals surface area contributed by atoms with Crippen molar-refractivity contribution in [3.8, 4) is 0 Å². The first kappa shape index (κ1) is 11.0. The van der Waals surface area contributed by atoms with Crippen molar-refractivity contribution in [1.82, 2.24) is 15.1 Å². The van der Waals surface area contributed by atoms with E-state index in [1.807, 2.05) is 0 Å². The van der Waals surface area contributed by atoms with Crippen LogP contribution in [0.3, 0.4) is 0 Å². The van der Waals surface area contributed by atoms with Gasteiger partial charge in [-0.25, -0.2) is 0 Å². The Kier molecular flexibility index (Phi) is 2.94. The number of nitrogens with zero attached hydrogens (tertiary/aromatic N) is 2. The molecule has 1 N–H and O–H groups in total. The highest BCUT2D eigenvalue weighted by Crippen LogP contribution is 2.40. The van der Waals surface area contributed by atoms with Gasteiger partial charge >= 0.3 is 0 Å². The van der Waals surface area contributed by atoms with Gasteiger partial charge in [-0.3, -0.25) is 4.90 Å². The van der Waals surface area contributed by atoms with E-state index in [-0.39, 0.29) is 0 Å². The molecule has 0 radical (unpaired) electrons. The zero-order chi connectivity index (χ0) is 11.0. The number of rotatable bonds is 1. The van der Waals surface area contributed by atoms with Gasteiger partial charge in [0.05, 0.1) is 0 Å². The van der Waals surface area contributed by atoms with Gasteiger partial charge in [-0.2, -0.15) is 0 Å². The third-order valence-corrected chi connectivity index (χ3v) is 5.08. The fourth-order valence-electron chi connectivity index (χ4n) is 3.72. The molecule has 0 atom stereocenters. The summed E-state index contributed by atoms with van der Waals surface area (Å²) in [6.07, 6.45) is 5.75. The molecule has 0 aliphatic carbocycles. The van der Waals surface area contributed by atoms with E-state index in [1.165, 1.54) is 65.0 Å². The Morgan fingerprint density at radius 3 is 2.19 bits per heavy atom. The summed E-state index contributed by atoms with van der Waals surface area (Å²) in [6, 6.07) is 0.879. The van der Waals surface area contributed by atoms with E-state index in [0.29, 0.717) is 0 Å². The molecule has 3 heteroatoms. The molecule has 3 rings (SSSR count). The maximum absolute atomic E-state index is 3.50. The highest BCUT2D eigenvalue weighted by molar-refractivity contribution is 4.94. The molecule has 3 aliphatic heterocycles. The lowest BCUT2D eigenvalue weighted by atomic mass is 9.71. The highest BCUT2D eigenvalue weighted by atomic mass is 15.3. The average molecular weight is 223 g/mol. The molecule has 0 amide bonds. The summed E-state index contributed by atoms with van der Waals surface area (Å²) >= 11 is 0. The van der Waals surface area contributed by atoms with Crippen LogP contribution in [0.2, 0.25) is 0 Å². The largest absolute Gasteiger partial charge is 0.317 e. The molecule has 0 aromatic rings. The normalized spacial score (nSPS) is 32.8. The predicted octanol–water partition coefficient (Wildman–Crippen LogP) is 0.766. The van der Waals surface area contributed by atoms with Crippen molar-refractivity contribution in [2.45, 2.75) is 31.7 Å². The van der Waals surface area contributed by atoms with Crippen LogP contribution in [0.5, 0.6) is 0 Å². The van der Waals surface area contributed by atoms with E-state index >= 15 is 0 Å². The Morgan fingerprint density at radius 1 is 1.00 bits per heavy atom. The summed E-state index contributed by atoms with van der Waals surface area (Å²) in [5.74, 6) is 0. The van der Waals surface area contributed by atoms with Crippen molar-refractivity contribution in [2.75, 3.05) is 46.3 Å². The second-order valence-electron chi connectivity index (χ2n) is 6.16. The van der Waals surface area contributed by atoms with E-state index in [9.17, 15) is 0 Å². The fourth-order valence-corrected chi connectivity index (χ4v) is 3.72. The molecule has 3 aliphatic rings. The van der Waals surface area contributed by atoms with Gasteiger partial charge in [0.15, 0.2) is 0 Å². The fraction of sp³-hybridized carbons (Fsp3) is 1.00. The minimum atomic E-state index is 0.720. The summed E-state index contributed by atoms with van der Waals surface area (Å²) in [5.41, 5.74) is 0.720. The van der Waals surface area contributed by atoms with Gasteiger partial charge in [-0.05, 0) is 64.3 Å². The van der Waals surface area contributed by atoms with Gasteiger partial charge in [0.25, 0.3) is 0 Å². The first-order valence-corrected chi connectivity index (χ1v) is 6.91. The van der Waals surface area contributed by atoms with E-state index in [4.69, 9.17) is 0 Å². The molecule has 16 heavy (non-hydrogen) atoms. The molecule has 0 saturated carbocycles. The van der Waals surface area contributed by atoms with E-state index in [2.05, 4.69) is 22.2 Å². The third-order valence-electron chi connectivity index (χ3n) is 5.08. The van der Waals surface area contributed by atoms with Crippen molar-refractivity contribution in [3.63, 3.8) is 0 Å². The molecule has 0 bridgehead atoms. The van der Waals surface area contributed by atoms with Crippen molar-refractivity contribution < 1.29 is 0 Å². The number of piperidine rings is 2. The van der Waals surface area contributed by atoms with Crippen LogP contribution in [-0.2, 0) is 0 Å².